The SMILES string of the molecule is CON(C)C(=O)c1ccc(Cl)c(Cl)c1. The van der Waals surface area contributed by atoms with Crippen LogP contribution in [0.2, 0.25) is 10.0 Å². The minimum Gasteiger partial charge on any atom is -0.274 e. The Hall–Kier alpha value is -0.770. The van der Waals surface area contributed by atoms with Crippen molar-refractivity contribution in [2.45, 2.75) is 0 Å². The van der Waals surface area contributed by atoms with Crippen molar-refractivity contribution in [2.75, 3.05) is 14.2 Å². The molecule has 0 aromatic heterocycles. The van der Waals surface area contributed by atoms with Crippen molar-refractivity contribution in [1.29, 1.82) is 0 Å². The maximum absolute atomic E-state index is 11.5. The summed E-state index contributed by atoms with van der Waals surface area (Å²) < 4.78 is 0. The quantitative estimate of drug-likeness (QED) is 0.736. The maximum Gasteiger partial charge on any atom is 0.277 e. The van der Waals surface area contributed by atoms with E-state index in [9.17, 15) is 4.79 Å². The van der Waals surface area contributed by atoms with E-state index >= 15 is 0 Å². The van der Waals surface area contributed by atoms with Crippen LogP contribution in [0.4, 0.5) is 0 Å². The molecule has 0 heterocycles. The third-order valence-corrected chi connectivity index (χ3v) is 2.47. The number of carbonyl (C=O) groups is 1. The number of hydrogen-bond donors (Lipinski definition) is 0. The summed E-state index contributed by atoms with van der Waals surface area (Å²) in [5.74, 6) is -0.272. The molecule has 0 atom stereocenters. The lowest BCUT2D eigenvalue weighted by atomic mass is 10.2. The summed E-state index contributed by atoms with van der Waals surface area (Å²) in [6.07, 6.45) is 0. The molecule has 0 N–H and O–H groups in total. The molecular formula is C9H9Cl2NO2. The van der Waals surface area contributed by atoms with Crippen LogP contribution < -0.4 is 0 Å². The number of benzene rings is 1. The Labute approximate surface area is 92.1 Å². The number of hydroxylamine groups is 2. The topological polar surface area (TPSA) is 29.5 Å². The van der Waals surface area contributed by atoms with E-state index in [2.05, 4.69) is 0 Å². The second kappa shape index (κ2) is 4.64. The first kappa shape index (κ1) is 11.3. The van der Waals surface area contributed by atoms with Crippen molar-refractivity contribution >= 4 is 29.1 Å². The molecule has 0 unspecified atom stereocenters. The molecule has 0 fully saturated rings. The van der Waals surface area contributed by atoms with E-state index in [-0.39, 0.29) is 5.91 Å². The molecule has 0 aliphatic heterocycles. The summed E-state index contributed by atoms with van der Waals surface area (Å²) in [6, 6.07) is 4.66. The Morgan fingerprint density at radius 2 is 2.00 bits per heavy atom. The monoisotopic (exact) mass is 233 g/mol. The summed E-state index contributed by atoms with van der Waals surface area (Å²) in [5.41, 5.74) is 0.434. The molecule has 5 heteroatoms. The fraction of sp³-hybridized carbons (Fsp3) is 0.222. The Bertz CT molecular complexity index is 355. The van der Waals surface area contributed by atoms with E-state index in [1.807, 2.05) is 0 Å². The summed E-state index contributed by atoms with van der Waals surface area (Å²) in [7, 11) is 2.93. The van der Waals surface area contributed by atoms with Gasteiger partial charge in [-0.2, -0.15) is 0 Å². The van der Waals surface area contributed by atoms with Crippen LogP contribution in [0.1, 0.15) is 10.4 Å². The molecular weight excluding hydrogens is 225 g/mol. The maximum atomic E-state index is 11.5. The van der Waals surface area contributed by atoms with Gasteiger partial charge in [-0.05, 0) is 18.2 Å². The van der Waals surface area contributed by atoms with E-state index in [1.165, 1.54) is 20.2 Å². The highest BCUT2D eigenvalue weighted by Crippen LogP contribution is 2.23. The number of halogens is 2. The number of amides is 1. The van der Waals surface area contributed by atoms with Gasteiger partial charge in [-0.25, -0.2) is 5.06 Å². The zero-order valence-electron chi connectivity index (χ0n) is 7.75. The Morgan fingerprint density at radius 3 is 2.50 bits per heavy atom. The molecule has 0 bridgehead atoms. The van der Waals surface area contributed by atoms with Gasteiger partial charge in [0.05, 0.1) is 17.2 Å². The third kappa shape index (κ3) is 2.38. The lowest BCUT2D eigenvalue weighted by molar-refractivity contribution is -0.0756. The van der Waals surface area contributed by atoms with E-state index in [4.69, 9.17) is 28.0 Å². The summed E-state index contributed by atoms with van der Waals surface area (Å²) >= 11 is 11.5. The zero-order valence-corrected chi connectivity index (χ0v) is 9.26. The number of nitrogens with zero attached hydrogens (tertiary/aromatic N) is 1. The molecule has 1 aromatic carbocycles. The molecule has 0 saturated carbocycles. The highest BCUT2D eigenvalue weighted by Gasteiger charge is 2.12. The van der Waals surface area contributed by atoms with Gasteiger partial charge in [-0.1, -0.05) is 23.2 Å². The van der Waals surface area contributed by atoms with Gasteiger partial charge in [-0.15, -0.1) is 0 Å². The summed E-state index contributed by atoms with van der Waals surface area (Å²) in [5, 5.41) is 1.88. The van der Waals surface area contributed by atoms with Crippen molar-refractivity contribution in [3.05, 3.63) is 33.8 Å². The first-order chi connectivity index (χ1) is 6.56. The molecule has 1 amide bonds. The zero-order chi connectivity index (χ0) is 10.7. The molecule has 14 heavy (non-hydrogen) atoms. The fourth-order valence-corrected chi connectivity index (χ4v) is 1.19. The first-order valence-corrected chi connectivity index (χ1v) is 4.59. The van der Waals surface area contributed by atoms with Crippen LogP contribution in [0.5, 0.6) is 0 Å². The highest BCUT2D eigenvalue weighted by molar-refractivity contribution is 6.42. The highest BCUT2D eigenvalue weighted by atomic mass is 35.5. The fourth-order valence-electron chi connectivity index (χ4n) is 0.894. The average molecular weight is 234 g/mol. The van der Waals surface area contributed by atoms with Crippen LogP contribution in [-0.4, -0.2) is 25.1 Å². The van der Waals surface area contributed by atoms with Gasteiger partial charge in [0.2, 0.25) is 0 Å². The van der Waals surface area contributed by atoms with Crippen molar-refractivity contribution < 1.29 is 9.63 Å². The van der Waals surface area contributed by atoms with Crippen molar-refractivity contribution in [3.63, 3.8) is 0 Å². The van der Waals surface area contributed by atoms with Gasteiger partial charge >= 0.3 is 0 Å². The van der Waals surface area contributed by atoms with Gasteiger partial charge in [0, 0.05) is 12.6 Å². The summed E-state index contributed by atoms with van der Waals surface area (Å²) in [6.45, 7) is 0. The predicted octanol–water partition coefficient (Wildman–Crippen LogP) is 2.63. The van der Waals surface area contributed by atoms with Crippen LogP contribution in [0.15, 0.2) is 18.2 Å². The Kier molecular flexibility index (Phi) is 3.75. The molecule has 0 aliphatic carbocycles. The van der Waals surface area contributed by atoms with Gasteiger partial charge in [0.1, 0.15) is 0 Å². The van der Waals surface area contributed by atoms with Gasteiger partial charge < -0.3 is 0 Å². The van der Waals surface area contributed by atoms with Crippen LogP contribution in [-0.2, 0) is 4.84 Å². The first-order valence-electron chi connectivity index (χ1n) is 3.83. The Morgan fingerprint density at radius 1 is 1.36 bits per heavy atom. The summed E-state index contributed by atoms with van der Waals surface area (Å²) in [4.78, 5) is 16.3. The smallest absolute Gasteiger partial charge is 0.274 e. The van der Waals surface area contributed by atoms with E-state index in [0.717, 1.165) is 5.06 Å². The van der Waals surface area contributed by atoms with Crippen molar-refractivity contribution in [1.82, 2.24) is 5.06 Å². The molecule has 0 spiro atoms. The van der Waals surface area contributed by atoms with E-state index in [0.29, 0.717) is 15.6 Å². The van der Waals surface area contributed by atoms with Crippen LogP contribution in [0.3, 0.4) is 0 Å². The van der Waals surface area contributed by atoms with Gasteiger partial charge in [0.15, 0.2) is 0 Å². The van der Waals surface area contributed by atoms with Crippen molar-refractivity contribution in [3.8, 4) is 0 Å². The van der Waals surface area contributed by atoms with Gasteiger partial charge in [0.25, 0.3) is 5.91 Å². The lowest BCUT2D eigenvalue weighted by Crippen LogP contribution is -2.25. The van der Waals surface area contributed by atoms with E-state index < -0.39 is 0 Å². The minimum atomic E-state index is -0.272. The average Bonchev–Trinajstić information content (AvgIpc) is 2.20. The third-order valence-electron chi connectivity index (χ3n) is 1.73. The molecule has 1 aromatic rings. The standard InChI is InChI=1S/C9H9Cl2NO2/c1-12(14-2)9(13)6-3-4-7(10)8(11)5-6/h3-5H,1-2H3. The number of rotatable bonds is 2. The normalized spacial score (nSPS) is 10.0. The number of carbonyl (C=O) groups excluding carboxylic acids is 1. The lowest BCUT2D eigenvalue weighted by Gasteiger charge is -2.13. The largest absolute Gasteiger partial charge is 0.277 e. The van der Waals surface area contributed by atoms with Crippen molar-refractivity contribution in [2.24, 2.45) is 0 Å². The second-order valence-electron chi connectivity index (χ2n) is 2.61. The predicted molar refractivity (Wildman–Crippen MR) is 55.6 cm³/mol. The Balaban J connectivity index is 2.97. The second-order valence-corrected chi connectivity index (χ2v) is 3.43. The van der Waals surface area contributed by atoms with Crippen LogP contribution >= 0.6 is 23.2 Å². The van der Waals surface area contributed by atoms with Crippen LogP contribution in [0.25, 0.3) is 0 Å². The molecule has 76 valence electrons. The minimum absolute atomic E-state index is 0.272. The molecule has 0 saturated heterocycles. The van der Waals surface area contributed by atoms with Crippen LogP contribution in [0, 0.1) is 0 Å². The number of hydrogen-bond acceptors (Lipinski definition) is 2. The molecule has 1 rings (SSSR count). The van der Waals surface area contributed by atoms with Gasteiger partial charge in [-0.3, -0.25) is 9.63 Å². The van der Waals surface area contributed by atoms with E-state index in [1.54, 1.807) is 12.1 Å². The molecule has 0 aliphatic rings. The molecule has 0 radical (unpaired) electrons. The molecule has 3 nitrogen and oxygen atoms in total.